The van der Waals surface area contributed by atoms with Crippen LogP contribution in [0.5, 0.6) is 0 Å². The molecule has 134 valence electrons. The molecule has 2 heteroatoms. The van der Waals surface area contributed by atoms with Crippen molar-refractivity contribution in [3.63, 3.8) is 0 Å². The highest BCUT2D eigenvalue weighted by Gasteiger charge is 2.11. The molecule has 0 aliphatic carbocycles. The largest absolute Gasteiger partial charge is 0.256 e. The Morgan fingerprint density at radius 1 is 0.739 bits per heavy atom. The third kappa shape index (κ3) is 9.17. The quantitative estimate of drug-likeness (QED) is 0.278. The first-order chi connectivity index (χ1) is 11.3. The van der Waals surface area contributed by atoms with E-state index < -0.39 is 0 Å². The van der Waals surface area contributed by atoms with Crippen LogP contribution in [0.2, 0.25) is 0 Å². The van der Waals surface area contributed by atoms with Gasteiger partial charge in [-0.15, -0.1) is 0 Å². The van der Waals surface area contributed by atoms with E-state index in [9.17, 15) is 0 Å². The van der Waals surface area contributed by atoms with Crippen LogP contribution >= 0.6 is 0 Å². The number of hydrogen-bond donors (Lipinski definition) is 0. The fourth-order valence-corrected chi connectivity index (χ4v) is 3.46. The lowest BCUT2D eigenvalue weighted by Gasteiger charge is -2.03. The zero-order valence-corrected chi connectivity index (χ0v) is 16.2. The van der Waals surface area contributed by atoms with E-state index in [0.717, 1.165) is 6.54 Å². The van der Waals surface area contributed by atoms with Crippen LogP contribution in [0.15, 0.2) is 12.4 Å². The van der Waals surface area contributed by atoms with Crippen molar-refractivity contribution in [3.05, 3.63) is 18.2 Å². The van der Waals surface area contributed by atoms with Crippen LogP contribution in [0.1, 0.15) is 103 Å². The predicted octanol–water partition coefficient (Wildman–Crippen LogP) is 5.97. The first-order valence-electron chi connectivity index (χ1n) is 10.3. The maximum Gasteiger partial charge on any atom is 0.256 e. The van der Waals surface area contributed by atoms with Crippen LogP contribution in [-0.4, -0.2) is 4.57 Å². The van der Waals surface area contributed by atoms with Crippen LogP contribution in [-0.2, 0) is 20.0 Å². The molecule has 0 fully saturated rings. The second kappa shape index (κ2) is 13.6. The van der Waals surface area contributed by atoms with Gasteiger partial charge in [0, 0.05) is 6.42 Å². The summed E-state index contributed by atoms with van der Waals surface area (Å²) in [5.41, 5.74) is 0. The van der Waals surface area contributed by atoms with Crippen LogP contribution < -0.4 is 4.57 Å². The monoisotopic (exact) mass is 321 g/mol. The predicted molar refractivity (Wildman–Crippen MR) is 101 cm³/mol. The summed E-state index contributed by atoms with van der Waals surface area (Å²) in [5, 5.41) is 0. The fourth-order valence-electron chi connectivity index (χ4n) is 3.46. The Bertz CT molecular complexity index is 381. The molecule has 1 heterocycles. The first-order valence-corrected chi connectivity index (χ1v) is 10.3. The maximum atomic E-state index is 2.38. The molecule has 0 amide bonds. The van der Waals surface area contributed by atoms with Crippen LogP contribution in [0.3, 0.4) is 0 Å². The van der Waals surface area contributed by atoms with Gasteiger partial charge in [-0.1, -0.05) is 84.0 Å². The molecular formula is C21H41N2+. The van der Waals surface area contributed by atoms with Gasteiger partial charge in [0.2, 0.25) is 0 Å². The molecule has 0 N–H and O–H groups in total. The summed E-state index contributed by atoms with van der Waals surface area (Å²) >= 11 is 0. The Kier molecular flexibility index (Phi) is 12.0. The number of imidazole rings is 1. The van der Waals surface area contributed by atoms with E-state index >= 15 is 0 Å². The summed E-state index contributed by atoms with van der Waals surface area (Å²) < 4.78 is 4.66. The fraction of sp³-hybridized carbons (Fsp3) is 0.857. The highest BCUT2D eigenvalue weighted by atomic mass is 15.1. The molecule has 0 radical (unpaired) electrons. The maximum absolute atomic E-state index is 2.38. The lowest BCUT2D eigenvalue weighted by Crippen LogP contribution is -2.35. The van der Waals surface area contributed by atoms with E-state index in [1.54, 1.807) is 0 Å². The summed E-state index contributed by atoms with van der Waals surface area (Å²) in [6.45, 7) is 5.61. The minimum Gasteiger partial charge on any atom is -0.237 e. The van der Waals surface area contributed by atoms with Gasteiger partial charge >= 0.3 is 0 Å². The van der Waals surface area contributed by atoms with Gasteiger partial charge in [-0.2, -0.15) is 0 Å². The number of nitrogens with zero attached hydrogens (tertiary/aromatic N) is 2. The second-order valence-electron chi connectivity index (χ2n) is 7.10. The van der Waals surface area contributed by atoms with Gasteiger partial charge in [-0.25, -0.2) is 9.13 Å². The molecule has 2 nitrogen and oxygen atoms in total. The zero-order chi connectivity index (χ0) is 16.8. The van der Waals surface area contributed by atoms with Crippen LogP contribution in [0.25, 0.3) is 0 Å². The highest BCUT2D eigenvalue weighted by molar-refractivity contribution is 4.82. The van der Waals surface area contributed by atoms with Gasteiger partial charge in [0.1, 0.15) is 12.4 Å². The Balaban J connectivity index is 1.87. The molecule has 0 unspecified atom stereocenters. The van der Waals surface area contributed by atoms with Crippen molar-refractivity contribution < 1.29 is 4.57 Å². The summed E-state index contributed by atoms with van der Waals surface area (Å²) in [5.74, 6) is 1.48. The van der Waals surface area contributed by atoms with Gasteiger partial charge < -0.3 is 0 Å². The molecule has 0 saturated heterocycles. The molecule has 0 aromatic carbocycles. The molecule has 0 aliphatic rings. The smallest absolute Gasteiger partial charge is 0.237 e. The number of rotatable bonds is 15. The molecule has 1 aromatic heterocycles. The molecule has 1 aromatic rings. The normalized spacial score (nSPS) is 11.3. The van der Waals surface area contributed by atoms with Gasteiger partial charge in [0.25, 0.3) is 5.82 Å². The van der Waals surface area contributed by atoms with Crippen molar-refractivity contribution in [2.75, 3.05) is 0 Å². The SMILES string of the molecule is CCCCCCCCCCCCCCCc1n(C)cc[n+]1CC. The van der Waals surface area contributed by atoms with Gasteiger partial charge in [-0.3, -0.25) is 0 Å². The minimum atomic E-state index is 1.09. The summed E-state index contributed by atoms with van der Waals surface area (Å²) in [6, 6.07) is 0. The Hall–Kier alpha value is -0.790. The molecule has 0 atom stereocenters. The van der Waals surface area contributed by atoms with E-state index in [4.69, 9.17) is 0 Å². The molecule has 1 rings (SSSR count). The van der Waals surface area contributed by atoms with Gasteiger partial charge in [-0.05, 0) is 13.3 Å². The molecule has 0 saturated carbocycles. The van der Waals surface area contributed by atoms with E-state index in [1.165, 1.54) is 95.7 Å². The van der Waals surface area contributed by atoms with Crippen LogP contribution in [0, 0.1) is 0 Å². The van der Waals surface area contributed by atoms with E-state index in [2.05, 4.69) is 42.4 Å². The zero-order valence-electron chi connectivity index (χ0n) is 16.2. The summed E-state index contributed by atoms with van der Waals surface area (Å²) in [7, 11) is 2.17. The van der Waals surface area contributed by atoms with Crippen molar-refractivity contribution in [2.24, 2.45) is 7.05 Å². The van der Waals surface area contributed by atoms with Crippen molar-refractivity contribution in [2.45, 2.75) is 110 Å². The van der Waals surface area contributed by atoms with Crippen molar-refractivity contribution >= 4 is 0 Å². The van der Waals surface area contributed by atoms with E-state index in [-0.39, 0.29) is 0 Å². The Morgan fingerprint density at radius 3 is 1.70 bits per heavy atom. The number of unbranched alkanes of at least 4 members (excludes halogenated alkanes) is 12. The first kappa shape index (κ1) is 20.3. The third-order valence-corrected chi connectivity index (χ3v) is 5.05. The topological polar surface area (TPSA) is 8.81 Å². The molecule has 0 bridgehead atoms. The van der Waals surface area contributed by atoms with Gasteiger partial charge in [0.05, 0.1) is 13.6 Å². The number of aryl methyl sites for hydroxylation is 2. The number of hydrogen-bond acceptors (Lipinski definition) is 0. The van der Waals surface area contributed by atoms with Crippen molar-refractivity contribution in [3.8, 4) is 0 Å². The highest BCUT2D eigenvalue weighted by Crippen LogP contribution is 2.13. The molecule has 0 aliphatic heterocycles. The number of aromatic nitrogens is 2. The van der Waals surface area contributed by atoms with E-state index in [0.29, 0.717) is 0 Å². The summed E-state index contributed by atoms with van der Waals surface area (Å²) in [6.07, 6.45) is 24.2. The van der Waals surface area contributed by atoms with Crippen molar-refractivity contribution in [1.82, 2.24) is 4.57 Å². The molecular weight excluding hydrogens is 280 g/mol. The van der Waals surface area contributed by atoms with Crippen molar-refractivity contribution in [1.29, 1.82) is 0 Å². The Labute approximate surface area is 145 Å². The van der Waals surface area contributed by atoms with Crippen LogP contribution in [0.4, 0.5) is 0 Å². The average molecular weight is 322 g/mol. The molecule has 23 heavy (non-hydrogen) atoms. The average Bonchev–Trinajstić information content (AvgIpc) is 2.92. The lowest BCUT2D eigenvalue weighted by atomic mass is 10.0. The third-order valence-electron chi connectivity index (χ3n) is 5.05. The second-order valence-corrected chi connectivity index (χ2v) is 7.10. The lowest BCUT2D eigenvalue weighted by molar-refractivity contribution is -0.700. The Morgan fingerprint density at radius 2 is 1.22 bits per heavy atom. The minimum absolute atomic E-state index is 1.09. The molecule has 0 spiro atoms. The summed E-state index contributed by atoms with van der Waals surface area (Å²) in [4.78, 5) is 0. The van der Waals surface area contributed by atoms with E-state index in [1.807, 2.05) is 0 Å². The standard InChI is InChI=1S/C21H41N2/c1-4-6-7-8-9-10-11-12-13-14-15-16-17-18-21-22(3)19-20-23(21)5-2/h19-20H,4-18H2,1-3H3/q+1. The van der Waals surface area contributed by atoms with Gasteiger partial charge in [0.15, 0.2) is 0 Å².